The van der Waals surface area contributed by atoms with Crippen LogP contribution in [0.1, 0.15) is 5.56 Å². The molecule has 0 atom stereocenters. The number of amides is 1. The van der Waals surface area contributed by atoms with E-state index in [0.29, 0.717) is 17.0 Å². The van der Waals surface area contributed by atoms with E-state index in [-0.39, 0.29) is 18.5 Å². The molecular formula is C16H13F2N3O4S. The molecule has 3 rings (SSSR count). The van der Waals surface area contributed by atoms with Crippen molar-refractivity contribution in [2.45, 2.75) is 11.3 Å². The molecule has 2 N–H and O–H groups in total. The van der Waals surface area contributed by atoms with Gasteiger partial charge in [0.05, 0.1) is 12.1 Å². The van der Waals surface area contributed by atoms with Crippen LogP contribution in [-0.2, 0) is 21.2 Å². The van der Waals surface area contributed by atoms with Crippen molar-refractivity contribution in [1.82, 2.24) is 8.96 Å². The monoisotopic (exact) mass is 381 g/mol. The number of primary amides is 1. The van der Waals surface area contributed by atoms with E-state index >= 15 is 0 Å². The molecule has 0 saturated carbocycles. The van der Waals surface area contributed by atoms with Crippen molar-refractivity contribution in [3.63, 3.8) is 0 Å². The van der Waals surface area contributed by atoms with Crippen LogP contribution in [0.3, 0.4) is 0 Å². The molecule has 1 amide bonds. The quantitative estimate of drug-likeness (QED) is 0.729. The molecule has 2 heterocycles. The maximum absolute atomic E-state index is 14.0. The molecule has 3 aromatic rings. The van der Waals surface area contributed by atoms with Crippen molar-refractivity contribution in [3.05, 3.63) is 60.1 Å². The van der Waals surface area contributed by atoms with Crippen LogP contribution < -0.4 is 5.73 Å². The highest BCUT2D eigenvalue weighted by Gasteiger charge is 2.25. The molecule has 0 spiro atoms. The van der Waals surface area contributed by atoms with Crippen molar-refractivity contribution in [1.29, 1.82) is 0 Å². The lowest BCUT2D eigenvalue weighted by Gasteiger charge is -2.08. The fraction of sp³-hybridized carbons (Fsp3) is 0.125. The number of ether oxygens (including phenoxy) is 1. The summed E-state index contributed by atoms with van der Waals surface area (Å²) in [4.78, 5) is 14.0. The lowest BCUT2D eigenvalue weighted by Crippen LogP contribution is -2.15. The molecule has 1 aromatic carbocycles. The molecule has 0 fully saturated rings. The van der Waals surface area contributed by atoms with Gasteiger partial charge in [-0.25, -0.2) is 26.0 Å². The maximum atomic E-state index is 14.0. The number of aromatic nitrogens is 2. The van der Waals surface area contributed by atoms with Crippen LogP contribution in [0.15, 0.2) is 47.8 Å². The lowest BCUT2D eigenvalue weighted by molar-refractivity contribution is 0.158. The van der Waals surface area contributed by atoms with Gasteiger partial charge in [-0.2, -0.15) is 0 Å². The van der Waals surface area contributed by atoms with E-state index in [0.717, 1.165) is 16.1 Å². The van der Waals surface area contributed by atoms with E-state index < -0.39 is 32.6 Å². The van der Waals surface area contributed by atoms with Crippen LogP contribution in [0.5, 0.6) is 0 Å². The van der Waals surface area contributed by atoms with Gasteiger partial charge in [0.2, 0.25) is 0 Å². The number of nitrogens with zero attached hydrogens (tertiary/aromatic N) is 2. The predicted octanol–water partition coefficient (Wildman–Crippen LogP) is 2.19. The van der Waals surface area contributed by atoms with Gasteiger partial charge in [0.1, 0.15) is 16.5 Å². The van der Waals surface area contributed by atoms with Crippen LogP contribution in [0.2, 0.25) is 0 Å². The average molecular weight is 381 g/mol. The number of carbonyl (C=O) groups excluding carboxylic acids is 1. The van der Waals surface area contributed by atoms with Crippen LogP contribution in [0.4, 0.5) is 13.6 Å². The van der Waals surface area contributed by atoms with Crippen molar-refractivity contribution in [2.75, 3.05) is 6.61 Å². The van der Waals surface area contributed by atoms with Crippen molar-refractivity contribution >= 4 is 27.0 Å². The van der Waals surface area contributed by atoms with Gasteiger partial charge in [-0.05, 0) is 23.8 Å². The Hall–Kier alpha value is -3.01. The highest BCUT2D eigenvalue weighted by molar-refractivity contribution is 7.90. The molecule has 26 heavy (non-hydrogen) atoms. The minimum atomic E-state index is -4.32. The molecule has 136 valence electrons. The van der Waals surface area contributed by atoms with Crippen LogP contribution in [0.25, 0.3) is 10.9 Å². The Morgan fingerprint density at radius 2 is 2.04 bits per heavy atom. The number of hydrogen-bond acceptors (Lipinski definition) is 5. The molecule has 0 aliphatic carbocycles. The standard InChI is InChI=1S/C16H13F2N3O4S/c17-11-1-2-15(13(18)7-11)26(23,24)21-9-10(4-6-25-16(19)22)12-8-20-5-3-14(12)21/h1-3,5,7-9H,4,6H2,(H2,19,22). The molecule has 0 unspecified atom stereocenters. The van der Waals surface area contributed by atoms with Crippen molar-refractivity contribution < 1.29 is 26.7 Å². The number of rotatable bonds is 5. The predicted molar refractivity (Wildman–Crippen MR) is 87.9 cm³/mol. The Bertz CT molecular complexity index is 1100. The summed E-state index contributed by atoms with van der Waals surface area (Å²) in [5, 5.41) is 0.492. The third kappa shape index (κ3) is 3.23. The van der Waals surface area contributed by atoms with E-state index in [4.69, 9.17) is 5.73 Å². The largest absolute Gasteiger partial charge is 0.449 e. The SMILES string of the molecule is NC(=O)OCCc1cn(S(=O)(=O)c2ccc(F)cc2F)c2ccncc12. The second-order valence-corrected chi connectivity index (χ2v) is 7.12. The van der Waals surface area contributed by atoms with Gasteiger partial charge in [-0.15, -0.1) is 0 Å². The molecular weight excluding hydrogens is 368 g/mol. The number of carbonyl (C=O) groups is 1. The number of nitrogens with two attached hydrogens (primary N) is 1. The minimum Gasteiger partial charge on any atom is -0.449 e. The minimum absolute atomic E-state index is 0.0612. The summed E-state index contributed by atoms with van der Waals surface area (Å²) in [5.41, 5.74) is 5.68. The average Bonchev–Trinajstić information content (AvgIpc) is 2.94. The fourth-order valence-electron chi connectivity index (χ4n) is 2.56. The summed E-state index contributed by atoms with van der Waals surface area (Å²) < 4.78 is 58.4. The van der Waals surface area contributed by atoms with Gasteiger partial charge in [-0.1, -0.05) is 0 Å². The summed E-state index contributed by atoms with van der Waals surface area (Å²) >= 11 is 0. The first kappa shape index (κ1) is 17.8. The highest BCUT2D eigenvalue weighted by atomic mass is 32.2. The first-order valence-electron chi connectivity index (χ1n) is 7.37. The van der Waals surface area contributed by atoms with Crippen molar-refractivity contribution in [2.24, 2.45) is 5.73 Å². The zero-order valence-corrected chi connectivity index (χ0v) is 14.0. The number of pyridine rings is 1. The first-order valence-corrected chi connectivity index (χ1v) is 8.81. The second kappa shape index (κ2) is 6.71. The van der Waals surface area contributed by atoms with Gasteiger partial charge in [0.25, 0.3) is 10.0 Å². The molecule has 0 bridgehead atoms. The van der Waals surface area contributed by atoms with E-state index in [1.165, 1.54) is 24.7 Å². The van der Waals surface area contributed by atoms with Crippen LogP contribution in [0, 0.1) is 11.6 Å². The van der Waals surface area contributed by atoms with Crippen LogP contribution >= 0.6 is 0 Å². The first-order chi connectivity index (χ1) is 12.3. The zero-order valence-electron chi connectivity index (χ0n) is 13.2. The fourth-order valence-corrected chi connectivity index (χ4v) is 4.00. The second-order valence-electron chi connectivity index (χ2n) is 5.34. The molecule has 0 saturated heterocycles. The summed E-state index contributed by atoms with van der Waals surface area (Å²) in [6, 6.07) is 3.68. The van der Waals surface area contributed by atoms with Gasteiger partial charge >= 0.3 is 6.09 Å². The number of benzene rings is 1. The normalized spacial score (nSPS) is 11.6. The van der Waals surface area contributed by atoms with E-state index in [2.05, 4.69) is 9.72 Å². The number of halogens is 2. The Kier molecular flexibility index (Phi) is 4.60. The van der Waals surface area contributed by atoms with Gasteiger partial charge in [0, 0.05) is 36.5 Å². The molecule has 0 aliphatic heterocycles. The Morgan fingerprint density at radius 1 is 1.27 bits per heavy atom. The van der Waals surface area contributed by atoms with Gasteiger partial charge in [-0.3, -0.25) is 4.98 Å². The zero-order chi connectivity index (χ0) is 18.9. The topological polar surface area (TPSA) is 104 Å². The smallest absolute Gasteiger partial charge is 0.404 e. The molecule has 0 aliphatic rings. The summed E-state index contributed by atoms with van der Waals surface area (Å²) in [7, 11) is -4.32. The molecule has 2 aromatic heterocycles. The third-order valence-corrected chi connectivity index (χ3v) is 5.41. The van der Waals surface area contributed by atoms with Crippen LogP contribution in [-0.4, -0.2) is 30.1 Å². The number of hydrogen-bond donors (Lipinski definition) is 1. The Morgan fingerprint density at radius 3 is 2.73 bits per heavy atom. The van der Waals surface area contributed by atoms with E-state index in [9.17, 15) is 22.0 Å². The Labute approximate surface area is 147 Å². The maximum Gasteiger partial charge on any atom is 0.404 e. The summed E-state index contributed by atoms with van der Waals surface area (Å²) in [6.07, 6.45) is 3.35. The van der Waals surface area contributed by atoms with Gasteiger partial charge in [0.15, 0.2) is 0 Å². The van der Waals surface area contributed by atoms with Crippen molar-refractivity contribution in [3.8, 4) is 0 Å². The Balaban J connectivity index is 2.11. The third-order valence-electron chi connectivity index (χ3n) is 3.70. The van der Waals surface area contributed by atoms with Gasteiger partial charge < -0.3 is 10.5 Å². The van der Waals surface area contributed by atoms with E-state index in [1.54, 1.807) is 0 Å². The molecule has 0 radical (unpaired) electrons. The molecule has 10 heteroatoms. The lowest BCUT2D eigenvalue weighted by atomic mass is 10.2. The number of fused-ring (bicyclic) bond motifs is 1. The molecule has 7 nitrogen and oxygen atoms in total. The highest BCUT2D eigenvalue weighted by Crippen LogP contribution is 2.27. The summed E-state index contributed by atoms with van der Waals surface area (Å²) in [6.45, 7) is -0.0612. The van der Waals surface area contributed by atoms with E-state index in [1.807, 2.05) is 0 Å². The summed E-state index contributed by atoms with van der Waals surface area (Å²) in [5.74, 6) is -2.08.